The van der Waals surface area contributed by atoms with E-state index in [1.165, 1.54) is 10.8 Å². The summed E-state index contributed by atoms with van der Waals surface area (Å²) in [4.78, 5) is 27.2. The smallest absolute Gasteiger partial charge is 0.330 e. The van der Waals surface area contributed by atoms with Crippen LogP contribution in [0.3, 0.4) is 0 Å². The van der Waals surface area contributed by atoms with Crippen molar-refractivity contribution in [3.63, 3.8) is 0 Å². The van der Waals surface area contributed by atoms with Crippen molar-refractivity contribution < 1.29 is 23.8 Å². The van der Waals surface area contributed by atoms with Crippen LogP contribution in [0.5, 0.6) is 11.5 Å². The maximum Gasteiger partial charge on any atom is 0.330 e. The van der Waals surface area contributed by atoms with Crippen molar-refractivity contribution >= 4 is 30.2 Å². The van der Waals surface area contributed by atoms with Crippen LogP contribution in [0.4, 0.5) is 0 Å². The Labute approximate surface area is 260 Å². The average molecular weight is 641 g/mol. The van der Waals surface area contributed by atoms with Crippen molar-refractivity contribution in [2.45, 2.75) is 43.3 Å². The molecule has 2 heterocycles. The van der Waals surface area contributed by atoms with E-state index in [1.54, 1.807) is 21.1 Å². The number of aryl methyl sites for hydroxylation is 1. The monoisotopic (exact) mass is 640 g/mol. The highest BCUT2D eigenvalue weighted by Crippen LogP contribution is 2.49. The van der Waals surface area contributed by atoms with Gasteiger partial charge in [0.1, 0.15) is 36.1 Å². The number of hydrogen-bond donors (Lipinski definition) is 3. The van der Waals surface area contributed by atoms with Crippen molar-refractivity contribution in [3.8, 4) is 11.5 Å². The molecule has 0 saturated carbocycles. The molecule has 1 aromatic heterocycles. The van der Waals surface area contributed by atoms with Crippen LogP contribution < -0.4 is 20.7 Å². The summed E-state index contributed by atoms with van der Waals surface area (Å²) in [6.45, 7) is 1.61. The van der Waals surface area contributed by atoms with E-state index in [9.17, 15) is 14.7 Å². The Bertz CT molecular complexity index is 1650. The summed E-state index contributed by atoms with van der Waals surface area (Å²) in [5.74, 6) is 1.32. The molecule has 0 amide bonds. The number of aromatic amines is 1. The molecule has 1 aliphatic rings. The van der Waals surface area contributed by atoms with Gasteiger partial charge in [-0.1, -0.05) is 66.4 Å². The second kappa shape index (κ2) is 13.2. The van der Waals surface area contributed by atoms with Crippen LogP contribution >= 0.6 is 18.4 Å². The number of rotatable bonds is 10. The van der Waals surface area contributed by atoms with Crippen LogP contribution in [0.15, 0.2) is 94.6 Å². The molecule has 5 atom stereocenters. The zero-order chi connectivity index (χ0) is 30.7. The molecule has 2 N–H and O–H groups in total. The number of aromatic nitrogens is 2. The molecule has 2 unspecified atom stereocenters. The zero-order valence-electron chi connectivity index (χ0n) is 23.8. The minimum Gasteiger partial charge on any atom is -0.497 e. The lowest BCUT2D eigenvalue weighted by Gasteiger charge is -2.43. The molecule has 1 aliphatic heterocycles. The Morgan fingerprint density at radius 2 is 1.51 bits per heavy atom. The van der Waals surface area contributed by atoms with Crippen molar-refractivity contribution in [1.82, 2.24) is 9.55 Å². The number of hydrogen-bond acceptors (Lipinski definition) is 8. The van der Waals surface area contributed by atoms with Gasteiger partial charge in [0.05, 0.1) is 25.7 Å². The standard InChI is InChI=1S/C31H33N2O7PS2/c1-19-18-33(30(36)32-29(19)35)26-17-25(40-41(42)43)27(39-26)28(34)31(20-7-5-4-6-8-20,21-9-13-23(37-2)14-10-21)22-11-15-24(38-3)16-12-22/h4-16,18,25-28,34,41H,17H2,1-3H3,(H,42,43)(H,32,35,36)/t25-,26+,27-,28?/m0/s1. The molecule has 0 spiro atoms. The first-order valence-electron chi connectivity index (χ1n) is 13.6. The van der Waals surface area contributed by atoms with E-state index in [1.807, 2.05) is 78.9 Å². The van der Waals surface area contributed by atoms with E-state index in [0.717, 1.165) is 16.7 Å². The quantitative estimate of drug-likeness (QED) is 0.133. The second-order valence-electron chi connectivity index (χ2n) is 10.3. The molecule has 0 aliphatic carbocycles. The van der Waals surface area contributed by atoms with E-state index >= 15 is 0 Å². The van der Waals surface area contributed by atoms with Crippen LogP contribution in [0.1, 0.15) is 34.9 Å². The SMILES string of the molecule is COc1ccc(C(c2ccccc2)(c2ccc(OC)cc2)C(O)[C@H]2O[C@@H](n3cc(C)c(=O)[nH]c3=O)C[C@@H]2O[PH](=S)S)cc1. The molecule has 12 heteroatoms. The lowest BCUT2D eigenvalue weighted by Crippen LogP contribution is -2.51. The summed E-state index contributed by atoms with van der Waals surface area (Å²) in [5.41, 5.74) is 0.417. The Hall–Kier alpha value is -3.18. The van der Waals surface area contributed by atoms with Gasteiger partial charge in [0.25, 0.3) is 5.56 Å². The predicted molar refractivity (Wildman–Crippen MR) is 172 cm³/mol. The van der Waals surface area contributed by atoms with Crippen molar-refractivity contribution in [2.75, 3.05) is 14.2 Å². The maximum absolute atomic E-state index is 12.8. The first kappa shape index (κ1) is 31.3. The van der Waals surface area contributed by atoms with Crippen LogP contribution in [0, 0.1) is 6.92 Å². The molecule has 1 saturated heterocycles. The van der Waals surface area contributed by atoms with Crippen LogP contribution in [-0.2, 0) is 26.5 Å². The molecule has 9 nitrogen and oxygen atoms in total. The Morgan fingerprint density at radius 1 is 0.977 bits per heavy atom. The van der Waals surface area contributed by atoms with Gasteiger partial charge in [0.2, 0.25) is 0 Å². The topological polar surface area (TPSA) is 112 Å². The molecule has 43 heavy (non-hydrogen) atoms. The van der Waals surface area contributed by atoms with Gasteiger partial charge in [-0.25, -0.2) is 4.79 Å². The average Bonchev–Trinajstić information content (AvgIpc) is 3.43. The summed E-state index contributed by atoms with van der Waals surface area (Å²) < 4.78 is 24.8. The fraction of sp³-hybridized carbons (Fsp3) is 0.290. The highest BCUT2D eigenvalue weighted by atomic mass is 32.9. The summed E-state index contributed by atoms with van der Waals surface area (Å²) in [6, 6.07) is 24.7. The maximum atomic E-state index is 12.8. The fourth-order valence-corrected chi connectivity index (χ4v) is 7.09. The van der Waals surface area contributed by atoms with E-state index in [4.69, 9.17) is 30.5 Å². The molecule has 3 aromatic carbocycles. The van der Waals surface area contributed by atoms with Crippen molar-refractivity contribution in [1.29, 1.82) is 0 Å². The van der Waals surface area contributed by atoms with Gasteiger partial charge in [-0.3, -0.25) is 14.3 Å². The van der Waals surface area contributed by atoms with Gasteiger partial charge >= 0.3 is 5.69 Å². The molecule has 0 bridgehead atoms. The second-order valence-corrected chi connectivity index (χ2v) is 14.3. The minimum absolute atomic E-state index is 0.203. The van der Waals surface area contributed by atoms with Gasteiger partial charge in [0.15, 0.2) is 0 Å². The number of nitrogens with zero attached hydrogens (tertiary/aromatic N) is 1. The van der Waals surface area contributed by atoms with Crippen LogP contribution in [0.25, 0.3) is 0 Å². The molecule has 1 fully saturated rings. The Kier molecular flexibility index (Phi) is 9.60. The van der Waals surface area contributed by atoms with E-state index < -0.39 is 47.3 Å². The van der Waals surface area contributed by atoms with E-state index in [2.05, 4.69) is 17.2 Å². The third kappa shape index (κ3) is 6.11. The number of thiol groups is 1. The largest absolute Gasteiger partial charge is 0.497 e. The predicted octanol–water partition coefficient (Wildman–Crippen LogP) is 4.37. The lowest BCUT2D eigenvalue weighted by molar-refractivity contribution is -0.0926. The van der Waals surface area contributed by atoms with Gasteiger partial charge in [0, 0.05) is 18.2 Å². The van der Waals surface area contributed by atoms with Gasteiger partial charge < -0.3 is 23.8 Å². The molecule has 226 valence electrons. The fourth-order valence-electron chi connectivity index (χ4n) is 5.83. The number of benzene rings is 3. The normalized spacial score (nSPS) is 20.0. The number of aliphatic hydroxyl groups is 1. The highest BCUT2D eigenvalue weighted by Gasteiger charge is 2.53. The highest BCUT2D eigenvalue weighted by molar-refractivity contribution is 8.54. The Morgan fingerprint density at radius 3 is 2.02 bits per heavy atom. The number of aliphatic hydroxyl groups excluding tert-OH is 1. The Balaban J connectivity index is 1.72. The summed E-state index contributed by atoms with van der Waals surface area (Å²) >= 11 is 9.75. The zero-order valence-corrected chi connectivity index (χ0v) is 26.5. The molecule has 4 aromatic rings. The van der Waals surface area contributed by atoms with Crippen LogP contribution in [-0.4, -0.2) is 47.2 Å². The van der Waals surface area contributed by atoms with Gasteiger partial charge in [-0.2, -0.15) is 0 Å². The molecule has 0 radical (unpaired) electrons. The van der Waals surface area contributed by atoms with Crippen molar-refractivity contribution in [2.24, 2.45) is 0 Å². The third-order valence-electron chi connectivity index (χ3n) is 7.90. The summed E-state index contributed by atoms with van der Waals surface area (Å²) in [7, 11) is 3.19. The van der Waals surface area contributed by atoms with Gasteiger partial charge in [-0.15, -0.1) is 12.2 Å². The molecular weight excluding hydrogens is 607 g/mol. The number of methoxy groups -OCH3 is 2. The number of nitrogens with one attached hydrogen (secondary N) is 1. The summed E-state index contributed by atoms with van der Waals surface area (Å²) in [6.07, 6.45) is -4.05. The lowest BCUT2D eigenvalue weighted by atomic mass is 9.64. The summed E-state index contributed by atoms with van der Waals surface area (Å²) in [5, 5.41) is 12.7. The third-order valence-corrected chi connectivity index (χ3v) is 9.01. The molecular formula is C31H33N2O7PS2. The molecule has 5 rings (SSSR count). The minimum atomic E-state index is -1.96. The van der Waals surface area contributed by atoms with Crippen molar-refractivity contribution in [3.05, 3.63) is 128 Å². The number of H-pyrrole nitrogens is 1. The van der Waals surface area contributed by atoms with E-state index in [0.29, 0.717) is 17.1 Å². The first-order valence-corrected chi connectivity index (χ1v) is 17.4. The van der Waals surface area contributed by atoms with Crippen LogP contribution in [0.2, 0.25) is 0 Å². The first-order chi connectivity index (χ1) is 20.7. The van der Waals surface area contributed by atoms with E-state index in [-0.39, 0.29) is 6.42 Å². The number of ether oxygens (including phenoxy) is 3. The van der Waals surface area contributed by atoms with Gasteiger partial charge in [-0.05, 0) is 47.9 Å².